The predicted molar refractivity (Wildman–Crippen MR) is 44.5 cm³/mol. The molecule has 0 aliphatic carbocycles. The smallest absolute Gasteiger partial charge is 0.162 e. The lowest BCUT2D eigenvalue weighted by molar-refractivity contribution is -0.262. The minimum atomic E-state index is -0.440. The van der Waals surface area contributed by atoms with Gasteiger partial charge in [-0.05, 0) is 20.8 Å². The van der Waals surface area contributed by atoms with E-state index in [1.54, 1.807) is 0 Å². The minimum Gasteiger partial charge on any atom is -0.349 e. The summed E-state index contributed by atoms with van der Waals surface area (Å²) in [6, 6.07) is 0.151. The summed E-state index contributed by atoms with van der Waals surface area (Å²) in [7, 11) is 0. The maximum Gasteiger partial charge on any atom is 0.162 e. The van der Waals surface area contributed by atoms with Crippen LogP contribution >= 0.6 is 0 Å². The first-order valence-electron chi connectivity index (χ1n) is 4.29. The average molecular weight is 175 g/mol. The Morgan fingerprint density at radius 2 is 2.00 bits per heavy atom. The van der Waals surface area contributed by atoms with Gasteiger partial charge in [0.15, 0.2) is 5.79 Å². The molecule has 0 amide bonds. The SMILES string of the molecule is CCONC1COC(C)(C)OC1. The maximum atomic E-state index is 5.41. The van der Waals surface area contributed by atoms with Crippen molar-refractivity contribution in [2.45, 2.75) is 32.6 Å². The molecule has 0 spiro atoms. The second kappa shape index (κ2) is 4.18. The van der Waals surface area contributed by atoms with Crippen LogP contribution in [0.4, 0.5) is 0 Å². The fraction of sp³-hybridized carbons (Fsp3) is 1.00. The number of hydrogen-bond donors (Lipinski definition) is 1. The van der Waals surface area contributed by atoms with Gasteiger partial charge in [0.1, 0.15) is 0 Å². The Bertz CT molecular complexity index is 128. The molecule has 1 saturated heterocycles. The van der Waals surface area contributed by atoms with Crippen molar-refractivity contribution in [3.63, 3.8) is 0 Å². The van der Waals surface area contributed by atoms with Crippen LogP contribution in [0, 0.1) is 0 Å². The molecular formula is C8H17NO3. The zero-order valence-electron chi connectivity index (χ0n) is 7.92. The number of hydrogen-bond acceptors (Lipinski definition) is 4. The highest BCUT2D eigenvalue weighted by atomic mass is 16.7. The highest BCUT2D eigenvalue weighted by Gasteiger charge is 2.27. The van der Waals surface area contributed by atoms with E-state index >= 15 is 0 Å². The van der Waals surface area contributed by atoms with Crippen molar-refractivity contribution < 1.29 is 14.3 Å². The quantitative estimate of drug-likeness (QED) is 0.640. The molecule has 0 aromatic heterocycles. The third-order valence-electron chi connectivity index (χ3n) is 1.66. The summed E-state index contributed by atoms with van der Waals surface area (Å²) in [4.78, 5) is 5.03. The summed E-state index contributed by atoms with van der Waals surface area (Å²) < 4.78 is 10.8. The van der Waals surface area contributed by atoms with Crippen molar-refractivity contribution in [1.82, 2.24) is 5.48 Å². The van der Waals surface area contributed by atoms with Gasteiger partial charge >= 0.3 is 0 Å². The Kier molecular flexibility index (Phi) is 3.46. The highest BCUT2D eigenvalue weighted by Crippen LogP contribution is 2.16. The van der Waals surface area contributed by atoms with E-state index in [1.807, 2.05) is 20.8 Å². The van der Waals surface area contributed by atoms with E-state index in [4.69, 9.17) is 14.3 Å². The van der Waals surface area contributed by atoms with Crippen molar-refractivity contribution in [3.05, 3.63) is 0 Å². The molecule has 4 heteroatoms. The van der Waals surface area contributed by atoms with Crippen molar-refractivity contribution in [2.24, 2.45) is 0 Å². The topological polar surface area (TPSA) is 39.7 Å². The second-order valence-corrected chi connectivity index (χ2v) is 3.27. The van der Waals surface area contributed by atoms with Crippen LogP contribution in [0.3, 0.4) is 0 Å². The summed E-state index contributed by atoms with van der Waals surface area (Å²) in [5.41, 5.74) is 2.86. The van der Waals surface area contributed by atoms with Gasteiger partial charge in [-0.25, -0.2) is 0 Å². The zero-order chi connectivity index (χ0) is 9.03. The number of nitrogens with one attached hydrogen (secondary N) is 1. The van der Waals surface area contributed by atoms with E-state index in [0.29, 0.717) is 19.8 Å². The molecule has 1 fully saturated rings. The molecule has 0 atom stereocenters. The number of ether oxygens (including phenoxy) is 2. The molecule has 1 rings (SSSR count). The second-order valence-electron chi connectivity index (χ2n) is 3.27. The van der Waals surface area contributed by atoms with Crippen molar-refractivity contribution in [2.75, 3.05) is 19.8 Å². The van der Waals surface area contributed by atoms with Crippen molar-refractivity contribution in [1.29, 1.82) is 0 Å². The monoisotopic (exact) mass is 175 g/mol. The van der Waals surface area contributed by atoms with E-state index in [1.165, 1.54) is 0 Å². The molecule has 4 nitrogen and oxygen atoms in total. The van der Waals surface area contributed by atoms with Gasteiger partial charge in [-0.1, -0.05) is 0 Å². The van der Waals surface area contributed by atoms with Crippen LogP contribution < -0.4 is 5.48 Å². The normalized spacial score (nSPS) is 24.2. The van der Waals surface area contributed by atoms with Gasteiger partial charge in [0.25, 0.3) is 0 Å². The van der Waals surface area contributed by atoms with Gasteiger partial charge < -0.3 is 14.3 Å². The average Bonchev–Trinajstić information content (AvgIpc) is 2.03. The van der Waals surface area contributed by atoms with Gasteiger partial charge in [0.2, 0.25) is 0 Å². The molecule has 0 saturated carbocycles. The van der Waals surface area contributed by atoms with Crippen LogP contribution in [0.2, 0.25) is 0 Å². The molecule has 1 heterocycles. The van der Waals surface area contributed by atoms with Gasteiger partial charge in [-0.15, -0.1) is 0 Å². The van der Waals surface area contributed by atoms with Crippen LogP contribution in [0.1, 0.15) is 20.8 Å². The molecule has 0 radical (unpaired) electrons. The zero-order valence-corrected chi connectivity index (χ0v) is 7.92. The summed E-state index contributed by atoms with van der Waals surface area (Å²) in [5.74, 6) is -0.440. The van der Waals surface area contributed by atoms with Gasteiger partial charge in [-0.3, -0.25) is 0 Å². The lowest BCUT2D eigenvalue weighted by Crippen LogP contribution is -2.48. The highest BCUT2D eigenvalue weighted by molar-refractivity contribution is 4.69. The van der Waals surface area contributed by atoms with Crippen LogP contribution in [-0.2, 0) is 14.3 Å². The van der Waals surface area contributed by atoms with Crippen molar-refractivity contribution >= 4 is 0 Å². The van der Waals surface area contributed by atoms with Crippen LogP contribution in [0.5, 0.6) is 0 Å². The Labute approximate surface area is 73.1 Å². The summed E-state index contributed by atoms with van der Waals surface area (Å²) in [6.07, 6.45) is 0. The summed E-state index contributed by atoms with van der Waals surface area (Å²) in [6.45, 7) is 7.66. The molecule has 0 unspecified atom stereocenters. The lowest BCUT2D eigenvalue weighted by Gasteiger charge is -2.34. The summed E-state index contributed by atoms with van der Waals surface area (Å²) >= 11 is 0. The third-order valence-corrected chi connectivity index (χ3v) is 1.66. The van der Waals surface area contributed by atoms with Crippen LogP contribution in [0.25, 0.3) is 0 Å². The number of hydroxylamine groups is 1. The van der Waals surface area contributed by atoms with E-state index in [9.17, 15) is 0 Å². The van der Waals surface area contributed by atoms with Gasteiger partial charge in [-0.2, -0.15) is 5.48 Å². The van der Waals surface area contributed by atoms with Crippen LogP contribution in [0.15, 0.2) is 0 Å². The molecular weight excluding hydrogens is 158 g/mol. The summed E-state index contributed by atoms with van der Waals surface area (Å²) in [5, 5.41) is 0. The maximum absolute atomic E-state index is 5.41. The van der Waals surface area contributed by atoms with Crippen LogP contribution in [-0.4, -0.2) is 31.6 Å². The molecule has 1 aliphatic rings. The van der Waals surface area contributed by atoms with E-state index in [0.717, 1.165) is 0 Å². The molecule has 0 bridgehead atoms. The van der Waals surface area contributed by atoms with Gasteiger partial charge in [0.05, 0.1) is 25.9 Å². The Morgan fingerprint density at radius 1 is 1.42 bits per heavy atom. The fourth-order valence-corrected chi connectivity index (χ4v) is 0.962. The van der Waals surface area contributed by atoms with E-state index in [-0.39, 0.29) is 6.04 Å². The Hall–Kier alpha value is -0.160. The molecule has 12 heavy (non-hydrogen) atoms. The van der Waals surface area contributed by atoms with E-state index in [2.05, 4.69) is 5.48 Å². The predicted octanol–water partition coefficient (Wildman–Crippen LogP) is 0.679. The lowest BCUT2D eigenvalue weighted by atomic mass is 10.3. The molecule has 1 N–H and O–H groups in total. The standard InChI is InChI=1S/C8H17NO3/c1-4-12-9-7-5-10-8(2,3)11-6-7/h7,9H,4-6H2,1-3H3. The molecule has 0 aromatic carbocycles. The Morgan fingerprint density at radius 3 is 2.50 bits per heavy atom. The third kappa shape index (κ3) is 3.06. The molecule has 0 aromatic rings. The largest absolute Gasteiger partial charge is 0.349 e. The number of rotatable bonds is 3. The first-order chi connectivity index (χ1) is 5.64. The first kappa shape index (κ1) is 9.92. The fourth-order valence-electron chi connectivity index (χ4n) is 0.962. The Balaban J connectivity index is 2.18. The molecule has 72 valence electrons. The van der Waals surface area contributed by atoms with Crippen molar-refractivity contribution in [3.8, 4) is 0 Å². The first-order valence-corrected chi connectivity index (χ1v) is 4.29. The van der Waals surface area contributed by atoms with E-state index < -0.39 is 5.79 Å². The molecule has 1 aliphatic heterocycles. The van der Waals surface area contributed by atoms with Gasteiger partial charge in [0, 0.05) is 0 Å². The minimum absolute atomic E-state index is 0.151.